The molecule has 2 aromatic rings. The molecule has 0 amide bonds. The predicted octanol–water partition coefficient (Wildman–Crippen LogP) is 3.70. The fourth-order valence-corrected chi connectivity index (χ4v) is 3.21. The van der Waals surface area contributed by atoms with E-state index in [1.54, 1.807) is 7.11 Å². The Labute approximate surface area is 155 Å². The SMILES string of the molecule is COc1ccc(CN2CCOc3cc(N(C)C)ccc32)cc1OC1CC1. The molecule has 138 valence electrons. The Balaban J connectivity index is 1.56. The molecule has 1 heterocycles. The van der Waals surface area contributed by atoms with Crippen LogP contribution in [0.5, 0.6) is 17.2 Å². The summed E-state index contributed by atoms with van der Waals surface area (Å²) in [4.78, 5) is 4.45. The Morgan fingerprint density at radius 2 is 1.96 bits per heavy atom. The fraction of sp³-hybridized carbons (Fsp3) is 0.429. The smallest absolute Gasteiger partial charge is 0.161 e. The van der Waals surface area contributed by atoms with Gasteiger partial charge in [-0.05, 0) is 42.7 Å². The van der Waals surface area contributed by atoms with Crippen molar-refractivity contribution in [3.05, 3.63) is 42.0 Å². The van der Waals surface area contributed by atoms with E-state index < -0.39 is 0 Å². The van der Waals surface area contributed by atoms with Gasteiger partial charge >= 0.3 is 0 Å². The minimum Gasteiger partial charge on any atom is -0.493 e. The highest BCUT2D eigenvalue weighted by Gasteiger charge is 2.25. The zero-order valence-electron chi connectivity index (χ0n) is 15.7. The minimum atomic E-state index is 0.354. The zero-order chi connectivity index (χ0) is 18.1. The third-order valence-electron chi connectivity index (χ3n) is 4.84. The highest BCUT2D eigenvalue weighted by molar-refractivity contribution is 5.66. The summed E-state index contributed by atoms with van der Waals surface area (Å²) in [6.45, 7) is 2.40. The summed E-state index contributed by atoms with van der Waals surface area (Å²) in [7, 11) is 5.78. The van der Waals surface area contributed by atoms with Gasteiger partial charge in [0.2, 0.25) is 0 Å². The van der Waals surface area contributed by atoms with Crippen molar-refractivity contribution in [1.82, 2.24) is 0 Å². The lowest BCUT2D eigenvalue weighted by Gasteiger charge is -2.32. The topological polar surface area (TPSA) is 34.2 Å². The van der Waals surface area contributed by atoms with Crippen LogP contribution in [0.1, 0.15) is 18.4 Å². The number of nitrogens with zero attached hydrogens (tertiary/aromatic N) is 2. The second kappa shape index (κ2) is 6.98. The maximum Gasteiger partial charge on any atom is 0.161 e. The van der Waals surface area contributed by atoms with Gasteiger partial charge in [-0.15, -0.1) is 0 Å². The number of rotatable bonds is 6. The monoisotopic (exact) mass is 354 g/mol. The third-order valence-corrected chi connectivity index (χ3v) is 4.84. The Hall–Kier alpha value is -2.56. The molecule has 0 N–H and O–H groups in total. The Morgan fingerprint density at radius 3 is 2.69 bits per heavy atom. The van der Waals surface area contributed by atoms with Crippen molar-refractivity contribution in [3.63, 3.8) is 0 Å². The van der Waals surface area contributed by atoms with Crippen LogP contribution in [0, 0.1) is 0 Å². The van der Waals surface area contributed by atoms with E-state index in [-0.39, 0.29) is 0 Å². The van der Waals surface area contributed by atoms with E-state index in [1.807, 2.05) is 20.2 Å². The van der Waals surface area contributed by atoms with Crippen LogP contribution in [0.4, 0.5) is 11.4 Å². The van der Waals surface area contributed by atoms with Crippen LogP contribution in [0.15, 0.2) is 36.4 Å². The van der Waals surface area contributed by atoms with Gasteiger partial charge in [0.1, 0.15) is 12.4 Å². The van der Waals surface area contributed by atoms with E-state index in [0.29, 0.717) is 12.7 Å². The summed E-state index contributed by atoms with van der Waals surface area (Å²) in [6.07, 6.45) is 2.63. The zero-order valence-corrected chi connectivity index (χ0v) is 15.7. The van der Waals surface area contributed by atoms with Crippen LogP contribution in [-0.2, 0) is 6.54 Å². The molecule has 1 fully saturated rings. The van der Waals surface area contributed by atoms with Crippen molar-refractivity contribution in [3.8, 4) is 17.2 Å². The van der Waals surface area contributed by atoms with Crippen molar-refractivity contribution < 1.29 is 14.2 Å². The molecule has 0 spiro atoms. The summed E-state index contributed by atoms with van der Waals surface area (Å²) in [6, 6.07) is 12.6. The number of hydrogen-bond acceptors (Lipinski definition) is 5. The molecule has 1 saturated carbocycles. The summed E-state index contributed by atoms with van der Waals surface area (Å²) in [5, 5.41) is 0. The van der Waals surface area contributed by atoms with E-state index in [0.717, 1.165) is 54.6 Å². The molecule has 0 saturated heterocycles. The Morgan fingerprint density at radius 1 is 1.12 bits per heavy atom. The second-order valence-corrected chi connectivity index (χ2v) is 7.12. The van der Waals surface area contributed by atoms with Crippen molar-refractivity contribution >= 4 is 11.4 Å². The molecule has 0 radical (unpaired) electrons. The van der Waals surface area contributed by atoms with E-state index in [2.05, 4.69) is 40.1 Å². The number of fused-ring (bicyclic) bond motifs is 1. The second-order valence-electron chi connectivity index (χ2n) is 7.12. The maximum absolute atomic E-state index is 6.01. The molecular formula is C21H26N2O3. The molecule has 0 aromatic heterocycles. The van der Waals surface area contributed by atoms with E-state index >= 15 is 0 Å². The lowest BCUT2D eigenvalue weighted by Crippen LogP contribution is -2.32. The quantitative estimate of drug-likeness (QED) is 0.790. The summed E-state index contributed by atoms with van der Waals surface area (Å²) in [5.41, 5.74) is 3.50. The largest absolute Gasteiger partial charge is 0.493 e. The number of benzene rings is 2. The lowest BCUT2D eigenvalue weighted by atomic mass is 10.1. The van der Waals surface area contributed by atoms with Gasteiger partial charge in [0.15, 0.2) is 11.5 Å². The van der Waals surface area contributed by atoms with Gasteiger partial charge in [-0.25, -0.2) is 0 Å². The van der Waals surface area contributed by atoms with E-state index in [9.17, 15) is 0 Å². The number of anilines is 2. The van der Waals surface area contributed by atoms with Gasteiger partial charge < -0.3 is 24.0 Å². The van der Waals surface area contributed by atoms with Crippen molar-refractivity contribution in [1.29, 1.82) is 0 Å². The standard InChI is InChI=1S/C21H26N2O3/c1-22(2)16-5-8-18-20(13-16)25-11-10-23(18)14-15-4-9-19(24-3)21(12-15)26-17-6-7-17/h4-5,8-9,12-13,17H,6-7,10-11,14H2,1-3H3. The summed E-state index contributed by atoms with van der Waals surface area (Å²) < 4.78 is 17.4. The lowest BCUT2D eigenvalue weighted by molar-refractivity contribution is 0.281. The normalized spacial score (nSPS) is 15.9. The van der Waals surface area contributed by atoms with E-state index in [4.69, 9.17) is 14.2 Å². The van der Waals surface area contributed by atoms with Gasteiger partial charge in [-0.2, -0.15) is 0 Å². The molecule has 0 unspecified atom stereocenters. The molecule has 2 aromatic carbocycles. The molecule has 1 aliphatic heterocycles. The molecule has 5 nitrogen and oxygen atoms in total. The fourth-order valence-electron chi connectivity index (χ4n) is 3.21. The van der Waals surface area contributed by atoms with Crippen LogP contribution < -0.4 is 24.0 Å². The van der Waals surface area contributed by atoms with Gasteiger partial charge in [0, 0.05) is 32.4 Å². The van der Waals surface area contributed by atoms with Crippen LogP contribution in [0.25, 0.3) is 0 Å². The average molecular weight is 354 g/mol. The highest BCUT2D eigenvalue weighted by atomic mass is 16.5. The molecule has 0 atom stereocenters. The molecular weight excluding hydrogens is 328 g/mol. The van der Waals surface area contributed by atoms with Crippen LogP contribution >= 0.6 is 0 Å². The Bertz CT molecular complexity index is 787. The number of hydrogen-bond donors (Lipinski definition) is 0. The molecule has 4 rings (SSSR count). The number of methoxy groups -OCH3 is 1. The molecule has 0 bridgehead atoms. The van der Waals surface area contributed by atoms with Crippen molar-refractivity contribution in [2.45, 2.75) is 25.5 Å². The third kappa shape index (κ3) is 3.52. The van der Waals surface area contributed by atoms with Crippen LogP contribution in [-0.4, -0.2) is 40.5 Å². The summed E-state index contributed by atoms with van der Waals surface area (Å²) >= 11 is 0. The first-order chi connectivity index (χ1) is 12.6. The van der Waals surface area contributed by atoms with E-state index in [1.165, 1.54) is 5.56 Å². The molecule has 26 heavy (non-hydrogen) atoms. The van der Waals surface area contributed by atoms with Gasteiger partial charge in [0.05, 0.1) is 25.4 Å². The van der Waals surface area contributed by atoms with Gasteiger partial charge in [0.25, 0.3) is 0 Å². The van der Waals surface area contributed by atoms with Crippen molar-refractivity contribution in [2.75, 3.05) is 44.2 Å². The average Bonchev–Trinajstić information content (AvgIpc) is 3.46. The first-order valence-electron chi connectivity index (χ1n) is 9.17. The van der Waals surface area contributed by atoms with Crippen LogP contribution in [0.2, 0.25) is 0 Å². The molecule has 5 heteroatoms. The highest BCUT2D eigenvalue weighted by Crippen LogP contribution is 2.37. The maximum atomic E-state index is 6.01. The van der Waals surface area contributed by atoms with Crippen molar-refractivity contribution in [2.24, 2.45) is 0 Å². The van der Waals surface area contributed by atoms with Crippen LogP contribution in [0.3, 0.4) is 0 Å². The molecule has 2 aliphatic rings. The predicted molar refractivity (Wildman–Crippen MR) is 104 cm³/mol. The van der Waals surface area contributed by atoms with Gasteiger partial charge in [-0.3, -0.25) is 0 Å². The first kappa shape index (κ1) is 16.9. The van der Waals surface area contributed by atoms with Gasteiger partial charge in [-0.1, -0.05) is 6.07 Å². The summed E-state index contributed by atoms with van der Waals surface area (Å²) in [5.74, 6) is 2.60. The molecule has 1 aliphatic carbocycles. The minimum absolute atomic E-state index is 0.354. The first-order valence-corrected chi connectivity index (χ1v) is 9.17. The number of ether oxygens (including phenoxy) is 3. The Kier molecular flexibility index (Phi) is 4.53.